The van der Waals surface area contributed by atoms with Crippen molar-refractivity contribution >= 4 is 11.8 Å². The molecule has 0 aliphatic carbocycles. The van der Waals surface area contributed by atoms with E-state index < -0.39 is 5.97 Å². The Balaban J connectivity index is 1.63. The Labute approximate surface area is 183 Å². The lowest BCUT2D eigenvalue weighted by Crippen LogP contribution is -2.15. The number of aromatic nitrogens is 1. The number of aryl methyl sites for hydroxylation is 4. The van der Waals surface area contributed by atoms with Crippen molar-refractivity contribution in [1.82, 2.24) is 4.57 Å². The van der Waals surface area contributed by atoms with E-state index in [0.29, 0.717) is 11.1 Å². The molecule has 5 nitrogen and oxygen atoms in total. The third-order valence-corrected chi connectivity index (χ3v) is 5.73. The lowest BCUT2D eigenvalue weighted by atomic mass is 10.1. The number of ether oxygens (including phenoxy) is 2. The first-order chi connectivity index (χ1) is 14.8. The van der Waals surface area contributed by atoms with Crippen LogP contribution in [0.3, 0.4) is 0 Å². The minimum absolute atomic E-state index is 0.194. The van der Waals surface area contributed by atoms with Crippen molar-refractivity contribution in [3.63, 3.8) is 0 Å². The lowest BCUT2D eigenvalue weighted by molar-refractivity contribution is 0.0474. The van der Waals surface area contributed by atoms with Crippen LogP contribution in [0.15, 0.2) is 48.5 Å². The Morgan fingerprint density at radius 1 is 0.903 bits per heavy atom. The van der Waals surface area contributed by atoms with Crippen LogP contribution in [0.5, 0.6) is 5.75 Å². The normalized spacial score (nSPS) is 10.7. The molecule has 0 saturated heterocycles. The minimum atomic E-state index is -0.482. The second kappa shape index (κ2) is 9.65. The number of methoxy groups -OCH3 is 1. The van der Waals surface area contributed by atoms with E-state index in [4.69, 9.17) is 9.47 Å². The number of carbonyl (C=O) groups is 2. The van der Waals surface area contributed by atoms with Gasteiger partial charge in [0.1, 0.15) is 5.75 Å². The summed E-state index contributed by atoms with van der Waals surface area (Å²) in [4.78, 5) is 25.0. The molecule has 0 amide bonds. The number of hydrogen-bond donors (Lipinski definition) is 0. The summed E-state index contributed by atoms with van der Waals surface area (Å²) in [6.07, 6.45) is 0.843. The number of carbonyl (C=O) groups excluding carboxylic acids is 2. The van der Waals surface area contributed by atoms with Gasteiger partial charge in [0.25, 0.3) is 0 Å². The zero-order chi connectivity index (χ0) is 22.5. The Morgan fingerprint density at radius 2 is 1.61 bits per heavy atom. The molecule has 0 fully saturated rings. The van der Waals surface area contributed by atoms with E-state index >= 15 is 0 Å². The van der Waals surface area contributed by atoms with Crippen LogP contribution >= 0.6 is 0 Å². The van der Waals surface area contributed by atoms with Gasteiger partial charge in [-0.25, -0.2) is 4.79 Å². The number of hydrogen-bond acceptors (Lipinski definition) is 4. The molecule has 0 aliphatic rings. The molecule has 0 spiro atoms. The molecular weight excluding hydrogens is 390 g/mol. The quantitative estimate of drug-likeness (QED) is 0.380. The van der Waals surface area contributed by atoms with Gasteiger partial charge in [0.05, 0.1) is 12.7 Å². The van der Waals surface area contributed by atoms with Gasteiger partial charge < -0.3 is 14.0 Å². The molecular formula is C26H29NO4. The average Bonchev–Trinajstić information content (AvgIpc) is 3.06. The van der Waals surface area contributed by atoms with E-state index in [1.165, 1.54) is 5.56 Å². The number of esters is 1. The maximum absolute atomic E-state index is 12.7. The third-order valence-electron chi connectivity index (χ3n) is 5.73. The lowest BCUT2D eigenvalue weighted by Gasteiger charge is -2.10. The van der Waals surface area contributed by atoms with Crippen molar-refractivity contribution in [2.24, 2.45) is 0 Å². The fourth-order valence-electron chi connectivity index (χ4n) is 3.62. The van der Waals surface area contributed by atoms with Crippen LogP contribution in [0.2, 0.25) is 0 Å². The van der Waals surface area contributed by atoms with Crippen LogP contribution in [0.1, 0.15) is 48.8 Å². The van der Waals surface area contributed by atoms with Crippen LogP contribution in [0.4, 0.5) is 0 Å². The smallest absolute Gasteiger partial charge is 0.338 e. The van der Waals surface area contributed by atoms with Gasteiger partial charge in [-0.3, -0.25) is 4.79 Å². The molecule has 3 rings (SSSR count). The summed E-state index contributed by atoms with van der Waals surface area (Å²) < 4.78 is 12.6. The van der Waals surface area contributed by atoms with Crippen LogP contribution in [0.25, 0.3) is 0 Å². The molecule has 5 heteroatoms. The predicted octanol–water partition coefficient (Wildman–Crippen LogP) is 5.01. The van der Waals surface area contributed by atoms with E-state index in [-0.39, 0.29) is 12.4 Å². The molecule has 3 aromatic rings. The minimum Gasteiger partial charge on any atom is -0.497 e. The zero-order valence-electron chi connectivity index (χ0n) is 18.8. The van der Waals surface area contributed by atoms with Gasteiger partial charge in [-0.05, 0) is 81.1 Å². The summed E-state index contributed by atoms with van der Waals surface area (Å²) in [7, 11) is 1.65. The molecule has 0 aliphatic heterocycles. The molecule has 31 heavy (non-hydrogen) atoms. The number of ketones is 1. The van der Waals surface area contributed by atoms with Crippen molar-refractivity contribution in [3.05, 3.63) is 87.7 Å². The highest BCUT2D eigenvalue weighted by Gasteiger charge is 2.18. The molecule has 0 atom stereocenters. The van der Waals surface area contributed by atoms with Crippen LogP contribution in [-0.4, -0.2) is 30.0 Å². The molecule has 0 N–H and O–H groups in total. The van der Waals surface area contributed by atoms with Gasteiger partial charge in [0.15, 0.2) is 6.61 Å². The van der Waals surface area contributed by atoms with Crippen LogP contribution in [0, 0.1) is 27.7 Å². The van der Waals surface area contributed by atoms with E-state index in [1.54, 1.807) is 19.2 Å². The highest BCUT2D eigenvalue weighted by molar-refractivity contribution is 6.00. The number of rotatable bonds is 8. The summed E-state index contributed by atoms with van der Waals surface area (Å²) in [5.74, 6) is 0.158. The van der Waals surface area contributed by atoms with Crippen molar-refractivity contribution in [3.8, 4) is 5.75 Å². The van der Waals surface area contributed by atoms with E-state index in [9.17, 15) is 9.59 Å². The molecule has 0 radical (unpaired) electrons. The van der Waals surface area contributed by atoms with Gasteiger partial charge in [-0.2, -0.15) is 0 Å². The topological polar surface area (TPSA) is 57.5 Å². The first-order valence-electron chi connectivity index (χ1n) is 10.4. The van der Waals surface area contributed by atoms with Gasteiger partial charge in [0.2, 0.25) is 5.78 Å². The maximum atomic E-state index is 12.7. The molecule has 0 saturated carbocycles. The van der Waals surface area contributed by atoms with E-state index in [2.05, 4.69) is 4.57 Å². The van der Waals surface area contributed by atoms with E-state index in [1.807, 2.05) is 64.1 Å². The monoisotopic (exact) mass is 419 g/mol. The van der Waals surface area contributed by atoms with Crippen molar-refractivity contribution in [2.45, 2.75) is 40.7 Å². The Morgan fingerprint density at radius 3 is 2.26 bits per heavy atom. The summed E-state index contributed by atoms with van der Waals surface area (Å²) in [6.45, 7) is 8.34. The summed E-state index contributed by atoms with van der Waals surface area (Å²) in [5, 5.41) is 0. The molecule has 162 valence electrons. The fraction of sp³-hybridized carbons (Fsp3) is 0.308. The third kappa shape index (κ3) is 5.23. The highest BCUT2D eigenvalue weighted by atomic mass is 16.5. The standard InChI is InChI=1S/C26H29NO4/c1-17-6-9-22(14-18(17)2)26(29)31-16-25(28)24-15-19(3)27(20(24)4)13-12-21-7-10-23(30-5)11-8-21/h6-11,14-15H,12-13,16H2,1-5H3. The van der Waals surface area contributed by atoms with Gasteiger partial charge >= 0.3 is 5.97 Å². The SMILES string of the molecule is COc1ccc(CCn2c(C)cc(C(=O)COC(=O)c3ccc(C)c(C)c3)c2C)cc1. The molecule has 1 aromatic heterocycles. The largest absolute Gasteiger partial charge is 0.497 e. The number of Topliss-reactive ketones (excluding diaryl/α,β-unsaturated/α-hetero) is 1. The average molecular weight is 420 g/mol. The first kappa shape index (κ1) is 22.3. The van der Waals surface area contributed by atoms with Gasteiger partial charge in [-0.1, -0.05) is 18.2 Å². The maximum Gasteiger partial charge on any atom is 0.338 e. The summed E-state index contributed by atoms with van der Waals surface area (Å²) in [5.41, 5.74) is 6.27. The first-order valence-corrected chi connectivity index (χ1v) is 10.4. The molecule has 0 bridgehead atoms. The summed E-state index contributed by atoms with van der Waals surface area (Å²) in [6, 6.07) is 15.2. The van der Waals surface area contributed by atoms with Crippen molar-refractivity contribution < 1.29 is 19.1 Å². The second-order valence-electron chi connectivity index (χ2n) is 7.83. The summed E-state index contributed by atoms with van der Waals surface area (Å²) >= 11 is 0. The molecule has 0 unspecified atom stereocenters. The zero-order valence-corrected chi connectivity index (χ0v) is 18.8. The highest BCUT2D eigenvalue weighted by Crippen LogP contribution is 2.19. The number of benzene rings is 2. The van der Waals surface area contributed by atoms with Crippen LogP contribution in [-0.2, 0) is 17.7 Å². The van der Waals surface area contributed by atoms with Crippen molar-refractivity contribution in [2.75, 3.05) is 13.7 Å². The Hall–Kier alpha value is -3.34. The second-order valence-corrected chi connectivity index (χ2v) is 7.83. The molecule has 1 heterocycles. The Kier molecular flexibility index (Phi) is 6.95. The van der Waals surface area contributed by atoms with E-state index in [0.717, 1.165) is 41.2 Å². The van der Waals surface area contributed by atoms with Crippen molar-refractivity contribution in [1.29, 1.82) is 0 Å². The van der Waals surface area contributed by atoms with Gasteiger partial charge in [0, 0.05) is 23.5 Å². The predicted molar refractivity (Wildman–Crippen MR) is 121 cm³/mol. The number of nitrogens with zero attached hydrogens (tertiary/aromatic N) is 1. The Bertz CT molecular complexity index is 1090. The molecule has 2 aromatic carbocycles. The van der Waals surface area contributed by atoms with Crippen LogP contribution < -0.4 is 4.74 Å². The van der Waals surface area contributed by atoms with Gasteiger partial charge in [-0.15, -0.1) is 0 Å². The fourth-order valence-corrected chi connectivity index (χ4v) is 3.62.